The summed E-state index contributed by atoms with van der Waals surface area (Å²) in [5, 5.41) is 2.54. The van der Waals surface area contributed by atoms with Gasteiger partial charge in [0.25, 0.3) is 6.43 Å². The Hall–Kier alpha value is -3.82. The molecule has 0 spiro atoms. The summed E-state index contributed by atoms with van der Waals surface area (Å²) in [6, 6.07) is 7.51. The van der Waals surface area contributed by atoms with Crippen molar-refractivity contribution in [3.63, 3.8) is 0 Å². The molecule has 3 heterocycles. The Bertz CT molecular complexity index is 1250. The summed E-state index contributed by atoms with van der Waals surface area (Å²) in [6.07, 6.45) is -1.71. The Morgan fingerprint density at radius 3 is 2.55 bits per heavy atom. The highest BCUT2D eigenvalue weighted by atomic mass is 19.3. The lowest BCUT2D eigenvalue weighted by atomic mass is 9.98. The van der Waals surface area contributed by atoms with Crippen molar-refractivity contribution in [2.45, 2.75) is 26.2 Å². The molecule has 1 atom stereocenters. The zero-order valence-corrected chi connectivity index (χ0v) is 17.6. The SMILES string of the molecule is Cc1cc2c(c(F)n1)-c1cc(F)cnc1[C@@H](C)C(=O)N2CC(=O)Nc1ccc(C(F)F)cc1. The number of hydrogen-bond acceptors (Lipinski definition) is 4. The van der Waals surface area contributed by atoms with Crippen LogP contribution in [0.5, 0.6) is 0 Å². The van der Waals surface area contributed by atoms with Crippen LogP contribution < -0.4 is 10.2 Å². The first-order chi connectivity index (χ1) is 15.7. The minimum Gasteiger partial charge on any atom is -0.325 e. The zero-order chi connectivity index (χ0) is 23.9. The standard InChI is InChI=1S/C23H18F4N4O2/c1-11-7-17-19(22(27)29-11)16-8-14(24)9-28-20(16)12(2)23(33)31(17)10-18(32)30-15-5-3-13(4-6-15)21(25)26/h3-9,12,21H,10H2,1-2H3,(H,30,32)/t12-/m1/s1. The van der Waals surface area contributed by atoms with Gasteiger partial charge in [-0.05, 0) is 38.1 Å². The fourth-order valence-electron chi connectivity index (χ4n) is 3.76. The van der Waals surface area contributed by atoms with Gasteiger partial charge in [-0.25, -0.2) is 18.2 Å². The third-order valence-corrected chi connectivity index (χ3v) is 5.32. The Labute approximate surface area is 186 Å². The molecule has 0 radical (unpaired) electrons. The van der Waals surface area contributed by atoms with Crippen molar-refractivity contribution >= 4 is 23.2 Å². The number of aryl methyl sites for hydroxylation is 1. The number of alkyl halides is 2. The van der Waals surface area contributed by atoms with Gasteiger partial charge in [0.15, 0.2) is 0 Å². The van der Waals surface area contributed by atoms with Crippen LogP contribution in [0.3, 0.4) is 0 Å². The van der Waals surface area contributed by atoms with E-state index in [9.17, 15) is 27.2 Å². The van der Waals surface area contributed by atoms with E-state index in [4.69, 9.17) is 0 Å². The third-order valence-electron chi connectivity index (χ3n) is 5.32. The van der Waals surface area contributed by atoms with Crippen molar-refractivity contribution in [2.24, 2.45) is 0 Å². The van der Waals surface area contributed by atoms with Crippen LogP contribution in [0, 0.1) is 18.7 Å². The van der Waals surface area contributed by atoms with Crippen LogP contribution in [-0.2, 0) is 9.59 Å². The molecule has 6 nitrogen and oxygen atoms in total. The molecule has 0 saturated carbocycles. The monoisotopic (exact) mass is 458 g/mol. The first-order valence-corrected chi connectivity index (χ1v) is 9.98. The lowest BCUT2D eigenvalue weighted by Crippen LogP contribution is -2.40. The fourth-order valence-corrected chi connectivity index (χ4v) is 3.76. The van der Waals surface area contributed by atoms with Crippen molar-refractivity contribution in [1.29, 1.82) is 0 Å². The van der Waals surface area contributed by atoms with E-state index in [2.05, 4.69) is 15.3 Å². The maximum Gasteiger partial charge on any atom is 0.263 e. The highest BCUT2D eigenvalue weighted by Gasteiger charge is 2.36. The Morgan fingerprint density at radius 2 is 1.88 bits per heavy atom. The molecule has 0 saturated heterocycles. The second-order valence-electron chi connectivity index (χ2n) is 7.65. The number of fused-ring (bicyclic) bond motifs is 3. The van der Waals surface area contributed by atoms with E-state index in [1.54, 1.807) is 0 Å². The van der Waals surface area contributed by atoms with E-state index in [1.807, 2.05) is 0 Å². The van der Waals surface area contributed by atoms with Crippen LogP contribution in [0.4, 0.5) is 28.9 Å². The number of hydrogen-bond donors (Lipinski definition) is 1. The topological polar surface area (TPSA) is 75.2 Å². The summed E-state index contributed by atoms with van der Waals surface area (Å²) in [7, 11) is 0. The summed E-state index contributed by atoms with van der Waals surface area (Å²) in [5.74, 6) is -3.70. The maximum absolute atomic E-state index is 15.0. The molecule has 1 aromatic carbocycles. The number of rotatable bonds is 4. The van der Waals surface area contributed by atoms with Crippen molar-refractivity contribution in [3.8, 4) is 11.1 Å². The normalized spacial score (nSPS) is 15.2. The molecular weight excluding hydrogens is 440 g/mol. The van der Waals surface area contributed by atoms with Crippen LogP contribution in [0.1, 0.15) is 36.2 Å². The summed E-state index contributed by atoms with van der Waals surface area (Å²) >= 11 is 0. The summed E-state index contributed by atoms with van der Waals surface area (Å²) in [6.45, 7) is 2.56. The molecule has 10 heteroatoms. The average Bonchev–Trinajstić information content (AvgIpc) is 2.83. The Kier molecular flexibility index (Phi) is 5.84. The average molecular weight is 458 g/mol. The first kappa shape index (κ1) is 22.4. The molecule has 2 amide bonds. The second kappa shape index (κ2) is 8.61. The van der Waals surface area contributed by atoms with Crippen molar-refractivity contribution < 1.29 is 27.2 Å². The number of anilines is 2. The van der Waals surface area contributed by atoms with Crippen LogP contribution in [0.15, 0.2) is 42.6 Å². The number of halogens is 4. The van der Waals surface area contributed by atoms with Gasteiger partial charge in [-0.15, -0.1) is 0 Å². The van der Waals surface area contributed by atoms with Crippen LogP contribution in [0.2, 0.25) is 0 Å². The molecule has 33 heavy (non-hydrogen) atoms. The second-order valence-corrected chi connectivity index (χ2v) is 7.65. The molecule has 0 fully saturated rings. The van der Waals surface area contributed by atoms with E-state index in [0.717, 1.165) is 17.2 Å². The Balaban J connectivity index is 1.72. The van der Waals surface area contributed by atoms with Crippen molar-refractivity contribution in [1.82, 2.24) is 9.97 Å². The van der Waals surface area contributed by atoms with Gasteiger partial charge in [0.2, 0.25) is 17.8 Å². The summed E-state index contributed by atoms with van der Waals surface area (Å²) in [4.78, 5) is 34.9. The molecule has 4 rings (SSSR count). The van der Waals surface area contributed by atoms with Crippen molar-refractivity contribution in [3.05, 3.63) is 71.3 Å². The van der Waals surface area contributed by atoms with Gasteiger partial charge < -0.3 is 10.2 Å². The van der Waals surface area contributed by atoms with Gasteiger partial charge in [-0.3, -0.25) is 14.6 Å². The number of nitrogens with zero attached hydrogens (tertiary/aromatic N) is 3. The van der Waals surface area contributed by atoms with Gasteiger partial charge in [-0.2, -0.15) is 4.39 Å². The van der Waals surface area contributed by atoms with E-state index >= 15 is 0 Å². The van der Waals surface area contributed by atoms with Gasteiger partial charge in [-0.1, -0.05) is 12.1 Å². The molecule has 170 valence electrons. The quantitative estimate of drug-likeness (QED) is 0.452. The lowest BCUT2D eigenvalue weighted by Gasteiger charge is -2.24. The number of carbonyl (C=O) groups excluding carboxylic acids is 2. The number of aromatic nitrogens is 2. The number of carbonyl (C=O) groups is 2. The van der Waals surface area contributed by atoms with E-state index in [0.29, 0.717) is 0 Å². The molecule has 0 bridgehead atoms. The minimum absolute atomic E-state index is 0.0613. The number of nitrogens with one attached hydrogen (secondary N) is 1. The zero-order valence-electron chi connectivity index (χ0n) is 17.6. The molecule has 1 aliphatic heterocycles. The fraction of sp³-hybridized carbons (Fsp3) is 0.217. The van der Waals surface area contributed by atoms with Gasteiger partial charge in [0.1, 0.15) is 12.4 Å². The minimum atomic E-state index is -2.64. The largest absolute Gasteiger partial charge is 0.325 e. The highest BCUT2D eigenvalue weighted by molar-refractivity contribution is 6.09. The van der Waals surface area contributed by atoms with Gasteiger partial charge in [0, 0.05) is 22.5 Å². The predicted molar refractivity (Wildman–Crippen MR) is 113 cm³/mol. The van der Waals surface area contributed by atoms with Gasteiger partial charge in [0.05, 0.1) is 29.1 Å². The molecule has 1 aliphatic rings. The molecule has 3 aromatic rings. The number of pyridine rings is 2. The molecule has 1 N–H and O–H groups in total. The van der Waals surface area contributed by atoms with Crippen molar-refractivity contribution in [2.75, 3.05) is 16.8 Å². The molecule has 2 aromatic heterocycles. The molecule has 0 aliphatic carbocycles. The first-order valence-electron chi connectivity index (χ1n) is 9.98. The summed E-state index contributed by atoms with van der Waals surface area (Å²) < 4.78 is 54.4. The lowest BCUT2D eigenvalue weighted by molar-refractivity contribution is -0.122. The predicted octanol–water partition coefficient (Wildman–Crippen LogP) is 4.76. The van der Waals surface area contributed by atoms with E-state index in [1.165, 1.54) is 44.2 Å². The maximum atomic E-state index is 15.0. The third kappa shape index (κ3) is 4.28. The molecular formula is C23H18F4N4O2. The van der Waals surface area contributed by atoms with Crippen LogP contribution in [-0.4, -0.2) is 28.3 Å². The molecule has 0 unspecified atom stereocenters. The smallest absolute Gasteiger partial charge is 0.263 e. The van der Waals surface area contributed by atoms with Crippen LogP contribution >= 0.6 is 0 Å². The highest BCUT2D eigenvalue weighted by Crippen LogP contribution is 2.41. The van der Waals surface area contributed by atoms with Gasteiger partial charge >= 0.3 is 0 Å². The van der Waals surface area contributed by atoms with E-state index < -0.39 is 42.5 Å². The van der Waals surface area contributed by atoms with E-state index in [-0.39, 0.29) is 39.5 Å². The summed E-state index contributed by atoms with van der Waals surface area (Å²) in [5.41, 5.74) is 0.491. The number of benzene rings is 1. The number of amides is 2. The van der Waals surface area contributed by atoms with Crippen LogP contribution in [0.25, 0.3) is 11.1 Å². The Morgan fingerprint density at radius 1 is 1.18 bits per heavy atom.